The highest BCUT2D eigenvalue weighted by molar-refractivity contribution is 8.00. The van der Waals surface area contributed by atoms with Crippen molar-refractivity contribution in [1.29, 1.82) is 0 Å². The van der Waals surface area contributed by atoms with Crippen molar-refractivity contribution in [3.8, 4) is 0 Å². The summed E-state index contributed by atoms with van der Waals surface area (Å²) in [5.41, 5.74) is 6.28. The molecule has 4 nitrogen and oxygen atoms in total. The lowest BCUT2D eigenvalue weighted by atomic mass is 10.3. The van der Waals surface area contributed by atoms with Crippen LogP contribution < -0.4 is 10.5 Å². The molecule has 21 heavy (non-hydrogen) atoms. The maximum Gasteiger partial charge on any atom is 0.288 e. The van der Waals surface area contributed by atoms with Gasteiger partial charge in [-0.1, -0.05) is 23.9 Å². The van der Waals surface area contributed by atoms with Crippen molar-refractivity contribution in [2.45, 2.75) is 21.4 Å². The highest BCUT2D eigenvalue weighted by atomic mass is 32.2. The molecule has 0 bridgehead atoms. The predicted molar refractivity (Wildman–Crippen MR) is 81.3 cm³/mol. The molecule has 9 heteroatoms. The number of hydrogen-bond donors (Lipinski definition) is 2. The van der Waals surface area contributed by atoms with E-state index in [9.17, 15) is 17.2 Å². The van der Waals surface area contributed by atoms with Crippen LogP contribution in [-0.2, 0) is 16.6 Å². The van der Waals surface area contributed by atoms with Gasteiger partial charge in [0.2, 0.25) is 0 Å². The number of nitrogens with two attached hydrogens (primary N) is 1. The zero-order valence-electron chi connectivity index (χ0n) is 10.6. The summed E-state index contributed by atoms with van der Waals surface area (Å²) in [5, 5.41) is 1.65. The van der Waals surface area contributed by atoms with E-state index in [1.165, 1.54) is 18.2 Å². The fraction of sp³-hybridized carbons (Fsp3) is 0.167. The number of hydrogen-bond acceptors (Lipinski definition) is 5. The first kappa shape index (κ1) is 16.2. The molecule has 0 aliphatic carbocycles. The molecule has 0 amide bonds. The van der Waals surface area contributed by atoms with Crippen molar-refractivity contribution in [1.82, 2.24) is 0 Å². The molecule has 0 aliphatic rings. The molecular formula is C12H12F2N2O2S3. The summed E-state index contributed by atoms with van der Waals surface area (Å²) in [6, 6.07) is 7.50. The van der Waals surface area contributed by atoms with Gasteiger partial charge in [0, 0.05) is 11.4 Å². The summed E-state index contributed by atoms with van der Waals surface area (Å²) in [5.74, 6) is -2.62. The van der Waals surface area contributed by atoms with E-state index in [-0.39, 0.29) is 21.3 Å². The highest BCUT2D eigenvalue weighted by Gasteiger charge is 2.19. The van der Waals surface area contributed by atoms with Crippen LogP contribution in [0, 0.1) is 0 Å². The summed E-state index contributed by atoms with van der Waals surface area (Å²) in [7, 11) is -3.81. The molecule has 0 spiro atoms. The lowest BCUT2D eigenvalue weighted by Crippen LogP contribution is -2.12. The van der Waals surface area contributed by atoms with E-state index in [1.54, 1.807) is 17.5 Å². The monoisotopic (exact) mass is 350 g/mol. The topological polar surface area (TPSA) is 72.2 Å². The Labute approximate surface area is 129 Å². The van der Waals surface area contributed by atoms with Gasteiger partial charge in [-0.15, -0.1) is 11.3 Å². The van der Waals surface area contributed by atoms with Gasteiger partial charge in [-0.2, -0.15) is 8.78 Å². The number of halogens is 2. The molecule has 0 atom stereocenters. The largest absolute Gasteiger partial charge is 0.326 e. The summed E-state index contributed by atoms with van der Waals surface area (Å²) in [4.78, 5) is 0.173. The maximum absolute atomic E-state index is 12.5. The number of nitrogens with one attached hydrogen (secondary N) is 1. The van der Waals surface area contributed by atoms with Gasteiger partial charge in [-0.3, -0.25) is 4.72 Å². The van der Waals surface area contributed by atoms with E-state index in [0.29, 0.717) is 17.3 Å². The van der Waals surface area contributed by atoms with Crippen LogP contribution in [0.2, 0.25) is 0 Å². The van der Waals surface area contributed by atoms with Gasteiger partial charge in [-0.05, 0) is 29.1 Å². The Balaban J connectivity index is 2.28. The lowest BCUT2D eigenvalue weighted by Gasteiger charge is -2.10. The van der Waals surface area contributed by atoms with Crippen LogP contribution in [0.3, 0.4) is 0 Å². The molecular weight excluding hydrogens is 338 g/mol. The molecule has 1 aromatic heterocycles. The van der Waals surface area contributed by atoms with Crippen LogP contribution >= 0.6 is 23.1 Å². The van der Waals surface area contributed by atoms with Crippen LogP contribution in [-0.4, -0.2) is 14.2 Å². The van der Waals surface area contributed by atoms with Crippen molar-refractivity contribution < 1.29 is 17.2 Å². The normalized spacial score (nSPS) is 11.8. The van der Waals surface area contributed by atoms with E-state index in [1.807, 2.05) is 0 Å². The third-order valence-corrected chi connectivity index (χ3v) is 6.12. The molecule has 114 valence electrons. The molecule has 2 rings (SSSR count). The Bertz CT molecular complexity index is 717. The summed E-state index contributed by atoms with van der Waals surface area (Å²) in [6.45, 7) is 0.240. The minimum absolute atomic E-state index is 0.0970. The van der Waals surface area contributed by atoms with Crippen LogP contribution in [0.4, 0.5) is 14.5 Å². The van der Waals surface area contributed by atoms with Gasteiger partial charge in [-0.25, -0.2) is 8.42 Å². The fourth-order valence-electron chi connectivity index (χ4n) is 1.55. The first-order valence-electron chi connectivity index (χ1n) is 5.76. The predicted octanol–water partition coefficient (Wildman–Crippen LogP) is 3.32. The number of alkyl halides is 2. The Kier molecular flexibility index (Phi) is 5.20. The van der Waals surface area contributed by atoms with Gasteiger partial charge in [0.1, 0.15) is 4.21 Å². The molecule has 3 N–H and O–H groups in total. The number of thioether (sulfide) groups is 1. The van der Waals surface area contributed by atoms with Crippen molar-refractivity contribution >= 4 is 38.8 Å². The van der Waals surface area contributed by atoms with Crippen LogP contribution in [0.1, 0.15) is 5.56 Å². The zero-order chi connectivity index (χ0) is 15.5. The number of sulfonamides is 1. The number of para-hydroxylation sites is 1. The summed E-state index contributed by atoms with van der Waals surface area (Å²) in [6.07, 6.45) is 0. The van der Waals surface area contributed by atoms with Gasteiger partial charge in [0.05, 0.1) is 5.69 Å². The molecule has 1 aromatic carbocycles. The molecule has 0 saturated heterocycles. The van der Waals surface area contributed by atoms with Crippen molar-refractivity contribution in [3.05, 3.63) is 41.3 Å². The second-order valence-corrected chi connectivity index (χ2v) is 7.81. The number of rotatable bonds is 6. The molecule has 0 radical (unpaired) electrons. The standard InChI is InChI=1S/C12H12F2N2O2S3/c13-12(14)20-10-4-2-1-3-9(10)16-21(17,18)11-5-8(6-15)7-19-11/h1-5,7,12,16H,6,15H2. The Morgan fingerprint density at radius 2 is 2.05 bits per heavy atom. The van der Waals surface area contributed by atoms with Gasteiger partial charge >= 0.3 is 0 Å². The van der Waals surface area contributed by atoms with E-state index in [2.05, 4.69) is 4.72 Å². The average molecular weight is 350 g/mol. The number of benzene rings is 1. The van der Waals surface area contributed by atoms with Crippen LogP contribution in [0.25, 0.3) is 0 Å². The zero-order valence-corrected chi connectivity index (χ0v) is 13.1. The van der Waals surface area contributed by atoms with Crippen molar-refractivity contribution in [3.63, 3.8) is 0 Å². The number of anilines is 1. The maximum atomic E-state index is 12.5. The lowest BCUT2D eigenvalue weighted by molar-refractivity contribution is 0.252. The Hall–Kier alpha value is -1.16. The van der Waals surface area contributed by atoms with E-state index in [0.717, 1.165) is 11.3 Å². The van der Waals surface area contributed by atoms with Gasteiger partial charge < -0.3 is 5.73 Å². The molecule has 0 fully saturated rings. The van der Waals surface area contributed by atoms with Crippen molar-refractivity contribution in [2.75, 3.05) is 4.72 Å². The second-order valence-electron chi connectivity index (χ2n) is 3.96. The minimum atomic E-state index is -3.81. The third-order valence-electron chi connectivity index (χ3n) is 2.48. The first-order chi connectivity index (χ1) is 9.92. The van der Waals surface area contributed by atoms with Gasteiger partial charge in [0.25, 0.3) is 15.8 Å². The molecule has 0 aliphatic heterocycles. The highest BCUT2D eigenvalue weighted by Crippen LogP contribution is 2.33. The Morgan fingerprint density at radius 1 is 1.33 bits per heavy atom. The smallest absolute Gasteiger partial charge is 0.288 e. The van der Waals surface area contributed by atoms with Crippen molar-refractivity contribution in [2.24, 2.45) is 5.73 Å². The molecule has 1 heterocycles. The van der Waals surface area contributed by atoms with Crippen LogP contribution in [0.5, 0.6) is 0 Å². The summed E-state index contributed by atoms with van der Waals surface area (Å²) >= 11 is 1.33. The Morgan fingerprint density at radius 3 is 2.67 bits per heavy atom. The second kappa shape index (κ2) is 6.73. The number of thiophene rings is 1. The quantitative estimate of drug-likeness (QED) is 0.784. The molecule has 0 unspecified atom stereocenters. The fourth-order valence-corrected chi connectivity index (χ4v) is 4.51. The van der Waals surface area contributed by atoms with E-state index >= 15 is 0 Å². The van der Waals surface area contributed by atoms with Gasteiger partial charge in [0.15, 0.2) is 0 Å². The SMILES string of the molecule is NCc1csc(S(=O)(=O)Nc2ccccc2SC(F)F)c1. The molecule has 2 aromatic rings. The first-order valence-corrected chi connectivity index (χ1v) is 9.01. The average Bonchev–Trinajstić information content (AvgIpc) is 2.90. The molecule has 0 saturated carbocycles. The minimum Gasteiger partial charge on any atom is -0.326 e. The third kappa shape index (κ3) is 4.16. The van der Waals surface area contributed by atoms with Crippen LogP contribution in [0.15, 0.2) is 44.8 Å². The van der Waals surface area contributed by atoms with E-state index in [4.69, 9.17) is 5.73 Å². The van der Waals surface area contributed by atoms with E-state index < -0.39 is 15.8 Å². The summed E-state index contributed by atoms with van der Waals surface area (Å²) < 4.78 is 51.9.